The summed E-state index contributed by atoms with van der Waals surface area (Å²) in [6.45, 7) is 14.3. The predicted molar refractivity (Wildman–Crippen MR) is 56.8 cm³/mol. The Hall–Kier alpha value is -0.303. The van der Waals surface area contributed by atoms with Crippen molar-refractivity contribution in [2.45, 2.75) is 39.6 Å². The summed E-state index contributed by atoms with van der Waals surface area (Å²) < 4.78 is 0. The van der Waals surface area contributed by atoms with E-state index in [1.807, 2.05) is 13.8 Å². The Bertz CT molecular complexity index is 194. The van der Waals surface area contributed by atoms with Crippen LogP contribution in [0.2, 0.25) is 19.6 Å². The molecular weight excluding hydrogens is 164 g/mol. The smallest absolute Gasteiger partial charge is 0.0857 e. The molecule has 0 aromatic heterocycles. The highest BCUT2D eigenvalue weighted by atomic mass is 28.3. The van der Waals surface area contributed by atoms with Gasteiger partial charge in [-0.3, -0.25) is 0 Å². The van der Waals surface area contributed by atoms with Crippen LogP contribution in [0.5, 0.6) is 0 Å². The lowest BCUT2D eigenvalue weighted by Gasteiger charge is -2.26. The molecule has 12 heavy (non-hydrogen) atoms. The fourth-order valence-corrected chi connectivity index (χ4v) is 2.90. The molecule has 0 aliphatic rings. The zero-order valence-electron chi connectivity index (χ0n) is 8.81. The van der Waals surface area contributed by atoms with Gasteiger partial charge in [0, 0.05) is 0 Å². The van der Waals surface area contributed by atoms with Crippen LogP contribution in [0.15, 0.2) is 17.5 Å². The molecule has 0 fully saturated rings. The second-order valence-electron chi connectivity index (χ2n) is 4.53. The van der Waals surface area contributed by atoms with Crippen molar-refractivity contribution in [2.24, 2.45) is 5.92 Å². The average Bonchev–Trinajstić information content (AvgIpc) is 1.85. The molecule has 0 bridgehead atoms. The summed E-state index contributed by atoms with van der Waals surface area (Å²) in [6, 6.07) is 0. The number of aliphatic hydroxyl groups is 1. The van der Waals surface area contributed by atoms with Crippen LogP contribution in [0.3, 0.4) is 0 Å². The first kappa shape index (κ1) is 11.7. The molecule has 1 N–H and O–H groups in total. The second kappa shape index (κ2) is 4.08. The summed E-state index contributed by atoms with van der Waals surface area (Å²) in [5.41, 5.74) is 2.90. The maximum atomic E-state index is 9.82. The van der Waals surface area contributed by atoms with Gasteiger partial charge in [0.25, 0.3) is 0 Å². The highest BCUT2D eigenvalue weighted by molar-refractivity contribution is 6.83. The summed E-state index contributed by atoms with van der Waals surface area (Å²) >= 11 is 0. The van der Waals surface area contributed by atoms with E-state index >= 15 is 0 Å². The third kappa shape index (κ3) is 2.98. The largest absolute Gasteiger partial charge is 0.388 e. The molecule has 0 rings (SSSR count). The first-order valence-electron chi connectivity index (χ1n) is 4.39. The van der Waals surface area contributed by atoms with Crippen molar-refractivity contribution in [1.82, 2.24) is 0 Å². The van der Waals surface area contributed by atoms with Crippen molar-refractivity contribution < 1.29 is 5.11 Å². The summed E-state index contributed by atoms with van der Waals surface area (Å²) in [5, 5.41) is 10.9. The van der Waals surface area contributed by atoms with Crippen molar-refractivity contribution in [3.05, 3.63) is 17.5 Å². The Morgan fingerprint density at radius 1 is 1.33 bits per heavy atom. The van der Waals surface area contributed by atoms with Crippen LogP contribution < -0.4 is 0 Å². The number of rotatable bonds is 3. The molecule has 0 aromatic rings. The number of aliphatic hydroxyl groups excluding tert-OH is 1. The Morgan fingerprint density at radius 3 is 1.83 bits per heavy atom. The van der Waals surface area contributed by atoms with Crippen molar-refractivity contribution in [3.8, 4) is 0 Å². The standard InChI is InChI=1S/C10H20OSi/c1-7-9(12(4,5)6)10(11)8(2)3/h8,10-11H,1H2,2-6H3. The van der Waals surface area contributed by atoms with Crippen LogP contribution in [0.4, 0.5) is 0 Å². The molecule has 0 aliphatic heterocycles. The van der Waals surface area contributed by atoms with E-state index in [0.29, 0.717) is 0 Å². The van der Waals surface area contributed by atoms with E-state index in [2.05, 4.69) is 32.0 Å². The van der Waals surface area contributed by atoms with Crippen LogP contribution in [0.25, 0.3) is 0 Å². The summed E-state index contributed by atoms with van der Waals surface area (Å²) in [6.07, 6.45) is -0.353. The number of hydrogen-bond donors (Lipinski definition) is 1. The fourth-order valence-electron chi connectivity index (χ4n) is 1.15. The average molecular weight is 184 g/mol. The minimum Gasteiger partial charge on any atom is -0.388 e. The Kier molecular flexibility index (Phi) is 3.98. The van der Waals surface area contributed by atoms with Gasteiger partial charge < -0.3 is 5.11 Å². The predicted octanol–water partition coefficient (Wildman–Crippen LogP) is 2.59. The van der Waals surface area contributed by atoms with Gasteiger partial charge in [-0.2, -0.15) is 0 Å². The molecule has 1 unspecified atom stereocenters. The molecule has 1 nitrogen and oxygen atoms in total. The van der Waals surface area contributed by atoms with Crippen molar-refractivity contribution in [3.63, 3.8) is 0 Å². The van der Waals surface area contributed by atoms with E-state index < -0.39 is 8.07 Å². The summed E-state index contributed by atoms with van der Waals surface area (Å²) in [5.74, 6) is 0.265. The van der Waals surface area contributed by atoms with Gasteiger partial charge in [0.2, 0.25) is 0 Å². The Labute approximate surface area is 76.8 Å². The van der Waals surface area contributed by atoms with Gasteiger partial charge >= 0.3 is 0 Å². The lowest BCUT2D eigenvalue weighted by atomic mass is 10.1. The normalized spacial score (nSPS) is 14.2. The molecule has 0 heterocycles. The van der Waals surface area contributed by atoms with Crippen LogP contribution in [-0.4, -0.2) is 19.3 Å². The van der Waals surface area contributed by atoms with Crippen LogP contribution in [0.1, 0.15) is 13.8 Å². The van der Waals surface area contributed by atoms with Gasteiger partial charge in [0.1, 0.15) is 0 Å². The van der Waals surface area contributed by atoms with Crippen LogP contribution >= 0.6 is 0 Å². The van der Waals surface area contributed by atoms with Gasteiger partial charge in [-0.05, 0) is 11.1 Å². The summed E-state index contributed by atoms with van der Waals surface area (Å²) in [7, 11) is -1.42. The monoisotopic (exact) mass is 184 g/mol. The SMILES string of the molecule is C=C=C(C(O)C(C)C)[Si](C)(C)C. The first-order chi connectivity index (χ1) is 5.30. The molecule has 0 aromatic carbocycles. The highest BCUT2D eigenvalue weighted by Crippen LogP contribution is 2.21. The van der Waals surface area contributed by atoms with Crippen molar-refractivity contribution in [1.29, 1.82) is 0 Å². The Balaban J connectivity index is 4.73. The van der Waals surface area contributed by atoms with Gasteiger partial charge in [-0.25, -0.2) is 0 Å². The summed E-state index contributed by atoms with van der Waals surface area (Å²) in [4.78, 5) is 0. The molecule has 0 amide bonds. The third-order valence-corrected chi connectivity index (χ3v) is 4.01. The highest BCUT2D eigenvalue weighted by Gasteiger charge is 2.27. The minimum atomic E-state index is -1.42. The lowest BCUT2D eigenvalue weighted by molar-refractivity contribution is 0.166. The molecule has 0 spiro atoms. The maximum Gasteiger partial charge on any atom is 0.0857 e. The topological polar surface area (TPSA) is 20.2 Å². The Morgan fingerprint density at radius 2 is 1.75 bits per heavy atom. The van der Waals surface area contributed by atoms with E-state index in [0.717, 1.165) is 5.20 Å². The van der Waals surface area contributed by atoms with E-state index in [4.69, 9.17) is 0 Å². The van der Waals surface area contributed by atoms with Gasteiger partial charge in [-0.15, -0.1) is 5.73 Å². The van der Waals surface area contributed by atoms with Crippen LogP contribution in [-0.2, 0) is 0 Å². The van der Waals surface area contributed by atoms with Gasteiger partial charge in [-0.1, -0.05) is 40.1 Å². The quantitative estimate of drug-likeness (QED) is 0.528. The van der Waals surface area contributed by atoms with Crippen molar-refractivity contribution in [2.75, 3.05) is 0 Å². The molecule has 0 saturated carbocycles. The molecule has 1 atom stereocenters. The lowest BCUT2D eigenvalue weighted by Crippen LogP contribution is -2.34. The van der Waals surface area contributed by atoms with E-state index in [9.17, 15) is 5.11 Å². The first-order valence-corrected chi connectivity index (χ1v) is 7.89. The number of hydrogen-bond acceptors (Lipinski definition) is 1. The fraction of sp³-hybridized carbons (Fsp3) is 0.700. The zero-order valence-corrected chi connectivity index (χ0v) is 9.81. The molecule has 0 saturated heterocycles. The minimum absolute atomic E-state index is 0.265. The van der Waals surface area contributed by atoms with Crippen molar-refractivity contribution >= 4 is 8.07 Å². The van der Waals surface area contributed by atoms with Gasteiger partial charge in [0.15, 0.2) is 0 Å². The molecule has 0 radical (unpaired) electrons. The third-order valence-electron chi connectivity index (χ3n) is 1.93. The molecule has 2 heteroatoms. The van der Waals surface area contributed by atoms with Gasteiger partial charge in [0.05, 0.1) is 14.2 Å². The van der Waals surface area contributed by atoms with E-state index in [1.54, 1.807) is 0 Å². The van der Waals surface area contributed by atoms with Crippen LogP contribution in [0, 0.1) is 5.92 Å². The molecule has 0 aliphatic carbocycles. The zero-order chi connectivity index (χ0) is 9.94. The molecular formula is C10H20OSi. The van der Waals surface area contributed by atoms with E-state index in [-0.39, 0.29) is 12.0 Å². The second-order valence-corrected chi connectivity index (χ2v) is 9.57. The van der Waals surface area contributed by atoms with E-state index in [1.165, 1.54) is 0 Å². The maximum absolute atomic E-state index is 9.82. The molecule has 70 valence electrons.